The second kappa shape index (κ2) is 10.0. The van der Waals surface area contributed by atoms with Crippen LogP contribution in [0.3, 0.4) is 0 Å². The van der Waals surface area contributed by atoms with Gasteiger partial charge in [0.25, 0.3) is 5.91 Å². The molecule has 35 heavy (non-hydrogen) atoms. The monoisotopic (exact) mass is 481 g/mol. The fraction of sp³-hybridized carbons (Fsp3) is 0.280. The maximum atomic E-state index is 13.5. The Morgan fingerprint density at radius 3 is 2.57 bits per heavy atom. The van der Waals surface area contributed by atoms with E-state index in [2.05, 4.69) is 9.97 Å². The van der Waals surface area contributed by atoms with E-state index in [0.29, 0.717) is 23.7 Å². The van der Waals surface area contributed by atoms with Gasteiger partial charge in [-0.2, -0.15) is 18.4 Å². The number of aromatic nitrogens is 2. The van der Waals surface area contributed by atoms with Crippen LogP contribution in [0, 0.1) is 18.3 Å². The van der Waals surface area contributed by atoms with Crippen molar-refractivity contribution in [1.29, 1.82) is 5.26 Å². The number of para-hydroxylation sites is 1. The van der Waals surface area contributed by atoms with Crippen LogP contribution in [-0.2, 0) is 6.18 Å². The SMILES string of the molecule is Cc1cnc(C(=O)N2CCN(c3ccc(C#N)c(C(F)(F)F)c3)CC2COc2ccccc2)cn1. The molecule has 10 heteroatoms. The Morgan fingerprint density at radius 2 is 1.91 bits per heavy atom. The van der Waals surface area contributed by atoms with Crippen LogP contribution in [0.1, 0.15) is 27.3 Å². The van der Waals surface area contributed by atoms with Crippen molar-refractivity contribution < 1.29 is 22.7 Å². The van der Waals surface area contributed by atoms with Gasteiger partial charge in [0, 0.05) is 31.5 Å². The first-order valence-corrected chi connectivity index (χ1v) is 10.9. The van der Waals surface area contributed by atoms with Gasteiger partial charge in [0.1, 0.15) is 18.1 Å². The number of nitriles is 1. The lowest BCUT2D eigenvalue weighted by atomic mass is 10.0. The Kier molecular flexibility index (Phi) is 6.87. The van der Waals surface area contributed by atoms with Crippen LogP contribution in [0.2, 0.25) is 0 Å². The number of hydrogen-bond donors (Lipinski definition) is 0. The first-order valence-electron chi connectivity index (χ1n) is 10.9. The summed E-state index contributed by atoms with van der Waals surface area (Å²) in [7, 11) is 0. The van der Waals surface area contributed by atoms with Crippen LogP contribution in [0.25, 0.3) is 0 Å². The van der Waals surface area contributed by atoms with Gasteiger partial charge in [0.15, 0.2) is 0 Å². The van der Waals surface area contributed by atoms with E-state index in [1.54, 1.807) is 34.9 Å². The first kappa shape index (κ1) is 24.0. The fourth-order valence-electron chi connectivity index (χ4n) is 3.92. The third-order valence-electron chi connectivity index (χ3n) is 5.72. The van der Waals surface area contributed by atoms with Gasteiger partial charge in [-0.25, -0.2) is 4.98 Å². The Bertz CT molecular complexity index is 1230. The molecule has 180 valence electrons. The van der Waals surface area contributed by atoms with Crippen molar-refractivity contribution in [1.82, 2.24) is 14.9 Å². The van der Waals surface area contributed by atoms with E-state index in [1.807, 2.05) is 18.2 Å². The normalized spacial score (nSPS) is 16.0. The molecule has 1 unspecified atom stereocenters. The number of ether oxygens (including phenoxy) is 1. The van der Waals surface area contributed by atoms with E-state index in [0.717, 1.165) is 6.07 Å². The molecule has 1 amide bonds. The zero-order valence-electron chi connectivity index (χ0n) is 18.9. The molecule has 1 saturated heterocycles. The number of halogens is 3. The lowest BCUT2D eigenvalue weighted by Gasteiger charge is -2.42. The zero-order chi connectivity index (χ0) is 25.0. The highest BCUT2D eigenvalue weighted by molar-refractivity contribution is 5.92. The Labute approximate surface area is 200 Å². The minimum atomic E-state index is -4.65. The number of rotatable bonds is 5. The average Bonchev–Trinajstić information content (AvgIpc) is 2.87. The van der Waals surface area contributed by atoms with Crippen molar-refractivity contribution in [3.63, 3.8) is 0 Å². The number of hydrogen-bond acceptors (Lipinski definition) is 6. The highest BCUT2D eigenvalue weighted by atomic mass is 19.4. The topological polar surface area (TPSA) is 82.4 Å². The molecule has 0 aliphatic carbocycles. The molecule has 4 rings (SSSR count). The summed E-state index contributed by atoms with van der Waals surface area (Å²) < 4.78 is 46.4. The number of nitrogens with zero attached hydrogens (tertiary/aromatic N) is 5. The van der Waals surface area contributed by atoms with Crippen LogP contribution < -0.4 is 9.64 Å². The van der Waals surface area contributed by atoms with E-state index in [-0.39, 0.29) is 31.3 Å². The van der Waals surface area contributed by atoms with Crippen molar-refractivity contribution in [3.05, 3.63) is 83.4 Å². The van der Waals surface area contributed by atoms with E-state index in [4.69, 9.17) is 10.00 Å². The number of piperazine rings is 1. The molecular weight excluding hydrogens is 459 g/mol. The lowest BCUT2D eigenvalue weighted by Crippen LogP contribution is -2.57. The largest absolute Gasteiger partial charge is 0.491 e. The third-order valence-corrected chi connectivity index (χ3v) is 5.72. The predicted octanol–water partition coefficient (Wildman–Crippen LogP) is 4.09. The maximum absolute atomic E-state index is 13.5. The molecular formula is C25H22F3N5O2. The van der Waals surface area contributed by atoms with E-state index in [1.165, 1.54) is 24.5 Å². The van der Waals surface area contributed by atoms with Crippen molar-refractivity contribution in [2.45, 2.75) is 19.1 Å². The molecule has 0 bridgehead atoms. The Hall–Kier alpha value is -4.13. The second-order valence-electron chi connectivity index (χ2n) is 8.10. The molecule has 1 aromatic heterocycles. The molecule has 2 aromatic carbocycles. The van der Waals surface area contributed by atoms with Gasteiger partial charge < -0.3 is 14.5 Å². The summed E-state index contributed by atoms with van der Waals surface area (Å²) in [6.07, 6.45) is -1.73. The van der Waals surface area contributed by atoms with Crippen molar-refractivity contribution in [2.75, 3.05) is 31.1 Å². The third kappa shape index (κ3) is 5.51. The van der Waals surface area contributed by atoms with Crippen LogP contribution in [-0.4, -0.2) is 53.1 Å². The molecule has 7 nitrogen and oxygen atoms in total. The van der Waals surface area contributed by atoms with Gasteiger partial charge in [0.2, 0.25) is 0 Å². The smallest absolute Gasteiger partial charge is 0.417 e. The minimum Gasteiger partial charge on any atom is -0.491 e. The molecule has 0 radical (unpaired) electrons. The highest BCUT2D eigenvalue weighted by Crippen LogP contribution is 2.35. The second-order valence-corrected chi connectivity index (χ2v) is 8.10. The van der Waals surface area contributed by atoms with Crippen molar-refractivity contribution in [3.8, 4) is 11.8 Å². The van der Waals surface area contributed by atoms with Crippen LogP contribution in [0.15, 0.2) is 60.9 Å². The van der Waals surface area contributed by atoms with E-state index in [9.17, 15) is 18.0 Å². The Balaban J connectivity index is 1.60. The van der Waals surface area contributed by atoms with Crippen molar-refractivity contribution in [2.24, 2.45) is 0 Å². The van der Waals surface area contributed by atoms with Crippen LogP contribution in [0.5, 0.6) is 5.75 Å². The van der Waals surface area contributed by atoms with Gasteiger partial charge in [-0.05, 0) is 37.3 Å². The summed E-state index contributed by atoms with van der Waals surface area (Å²) in [5, 5.41) is 9.09. The number of aryl methyl sites for hydroxylation is 1. The van der Waals surface area contributed by atoms with E-state index < -0.39 is 23.3 Å². The molecule has 1 aliphatic rings. The quantitative estimate of drug-likeness (QED) is 0.546. The van der Waals surface area contributed by atoms with Gasteiger partial charge in [0.05, 0.1) is 35.1 Å². The number of amides is 1. The number of carbonyl (C=O) groups excluding carboxylic acids is 1. The number of alkyl halides is 3. The summed E-state index contributed by atoms with van der Waals surface area (Å²) in [5.74, 6) is 0.291. The van der Waals surface area contributed by atoms with Crippen molar-refractivity contribution >= 4 is 11.6 Å². The molecule has 1 aliphatic heterocycles. The molecule has 1 atom stereocenters. The van der Waals surface area contributed by atoms with Gasteiger partial charge in [-0.1, -0.05) is 18.2 Å². The molecule has 0 spiro atoms. The maximum Gasteiger partial charge on any atom is 0.417 e. The lowest BCUT2D eigenvalue weighted by molar-refractivity contribution is -0.137. The van der Waals surface area contributed by atoms with E-state index >= 15 is 0 Å². The van der Waals surface area contributed by atoms with Crippen LogP contribution in [0.4, 0.5) is 18.9 Å². The minimum absolute atomic E-state index is 0.133. The predicted molar refractivity (Wildman–Crippen MR) is 122 cm³/mol. The molecule has 0 saturated carbocycles. The summed E-state index contributed by atoms with van der Waals surface area (Å²) in [6, 6.07) is 13.8. The summed E-state index contributed by atoms with van der Waals surface area (Å²) in [4.78, 5) is 24.9. The number of anilines is 1. The highest BCUT2D eigenvalue weighted by Gasteiger charge is 2.36. The van der Waals surface area contributed by atoms with Gasteiger partial charge >= 0.3 is 6.18 Å². The summed E-state index contributed by atoms with van der Waals surface area (Å²) in [6.45, 7) is 2.69. The molecule has 1 fully saturated rings. The number of benzene rings is 2. The first-order chi connectivity index (χ1) is 16.8. The summed E-state index contributed by atoms with van der Waals surface area (Å²) in [5.41, 5.74) is -0.230. The van der Waals surface area contributed by atoms with Gasteiger partial charge in [-0.15, -0.1) is 0 Å². The molecule has 0 N–H and O–H groups in total. The zero-order valence-corrected chi connectivity index (χ0v) is 18.9. The van der Waals surface area contributed by atoms with Gasteiger partial charge in [-0.3, -0.25) is 9.78 Å². The fourth-order valence-corrected chi connectivity index (χ4v) is 3.92. The number of carbonyl (C=O) groups is 1. The standard InChI is InChI=1S/C25H22F3N5O2/c1-17-13-31-23(14-30-17)24(34)33-10-9-32(15-20(33)16-35-21-5-3-2-4-6-21)19-8-7-18(12-29)22(11-19)25(26,27)28/h2-8,11,13-14,20H,9-10,15-16H2,1H3. The molecule has 3 aromatic rings. The van der Waals surface area contributed by atoms with Crippen LogP contribution >= 0.6 is 0 Å². The average molecular weight is 481 g/mol. The Morgan fingerprint density at radius 1 is 1.14 bits per heavy atom. The summed E-state index contributed by atoms with van der Waals surface area (Å²) >= 11 is 0. The molecule has 2 heterocycles.